The molecule has 0 saturated heterocycles. The fraction of sp³-hybridized carbons (Fsp3) is 0.787. The summed E-state index contributed by atoms with van der Waals surface area (Å²) < 4.78 is 33.1. The van der Waals surface area contributed by atoms with Crippen molar-refractivity contribution < 1.29 is 37.6 Å². The Hall–Kier alpha value is -2.81. The largest absolute Gasteiger partial charge is 0.472 e. The molecule has 0 spiro atoms. The number of phosphoric acid groups is 1. The van der Waals surface area contributed by atoms with Crippen LogP contribution in [0.3, 0.4) is 0 Å². The lowest BCUT2D eigenvalue weighted by Gasteiger charge is -2.19. The summed E-state index contributed by atoms with van der Waals surface area (Å²) in [6.45, 7) is 3.63. The molecule has 9 nitrogen and oxygen atoms in total. The van der Waals surface area contributed by atoms with Gasteiger partial charge in [0.25, 0.3) is 0 Å². The van der Waals surface area contributed by atoms with Gasteiger partial charge in [0.15, 0.2) is 6.10 Å². The third-order valence-corrected chi connectivity index (χ3v) is 16.8. The number of phosphoric ester groups is 1. The van der Waals surface area contributed by atoms with E-state index < -0.39 is 26.5 Å². The molecule has 0 aromatic rings. The molecule has 0 saturated carbocycles. The standard InChI is InChI=1S/C75H136NO8P/c1-3-5-7-9-11-13-15-17-19-21-23-25-27-29-30-31-32-33-34-35-36-37-38-39-40-41-42-44-45-47-49-51-53-55-57-59-61-63-65-67-74(77)81-71-73(72-83-85(79,80)82-70-69-76)84-75(78)68-66-64-62-60-58-56-54-52-50-48-46-43-28-26-24-22-20-18-16-14-12-10-8-6-4-2/h6,8,12,14,18,20,24,26,43,46,50,52,56,58,73H,3-5,7,9-11,13,15-17,19,21-23,25,27-42,44-45,47-49,51,53-55,57,59-72,76H2,1-2H3,(H,79,80)/b8-6-,14-12-,20-18-,26-24-,46-43-,52-50-,58-56-. The Bertz CT molecular complexity index is 1670. The van der Waals surface area contributed by atoms with Crippen LogP contribution in [0.2, 0.25) is 0 Å². The van der Waals surface area contributed by atoms with E-state index in [-0.39, 0.29) is 38.6 Å². The van der Waals surface area contributed by atoms with Crippen molar-refractivity contribution in [2.45, 2.75) is 354 Å². The van der Waals surface area contributed by atoms with Gasteiger partial charge in [0.2, 0.25) is 0 Å². The van der Waals surface area contributed by atoms with Crippen LogP contribution in [0.25, 0.3) is 0 Å². The second-order valence-corrected chi connectivity index (χ2v) is 25.5. The number of nitrogens with two attached hydrogens (primary N) is 1. The molecular weight excluding hydrogens is 1070 g/mol. The van der Waals surface area contributed by atoms with Gasteiger partial charge in [-0.25, -0.2) is 4.57 Å². The Kier molecular flexibility index (Phi) is 68.0. The second-order valence-electron chi connectivity index (χ2n) is 24.1. The number of carbonyl (C=O) groups excluding carboxylic acids is 2. The molecule has 10 heteroatoms. The summed E-state index contributed by atoms with van der Waals surface area (Å²) in [5, 5.41) is 0. The molecule has 3 N–H and O–H groups in total. The molecule has 0 aromatic carbocycles. The maximum Gasteiger partial charge on any atom is 0.472 e. The molecule has 0 aliphatic heterocycles. The molecule has 2 unspecified atom stereocenters. The van der Waals surface area contributed by atoms with Crippen LogP contribution in [-0.2, 0) is 32.7 Å². The molecule has 0 aromatic heterocycles. The van der Waals surface area contributed by atoms with Crippen molar-refractivity contribution in [3.8, 4) is 0 Å². The summed E-state index contributed by atoms with van der Waals surface area (Å²) in [6.07, 6.45) is 94.3. The molecule has 0 amide bonds. The predicted octanol–water partition coefficient (Wildman–Crippen LogP) is 23.8. The molecule has 0 rings (SSSR count). The predicted molar refractivity (Wildman–Crippen MR) is 367 cm³/mol. The van der Waals surface area contributed by atoms with Crippen molar-refractivity contribution in [1.29, 1.82) is 0 Å². The minimum atomic E-state index is -4.41. The number of esters is 2. The van der Waals surface area contributed by atoms with Crippen molar-refractivity contribution in [1.82, 2.24) is 0 Å². The zero-order valence-corrected chi connectivity index (χ0v) is 56.5. The first-order valence-electron chi connectivity index (χ1n) is 36.1. The Morgan fingerprint density at radius 1 is 0.365 bits per heavy atom. The lowest BCUT2D eigenvalue weighted by atomic mass is 10.0. The maximum atomic E-state index is 12.7. The van der Waals surface area contributed by atoms with Gasteiger partial charge in [-0.2, -0.15) is 0 Å². The van der Waals surface area contributed by atoms with E-state index >= 15 is 0 Å². The summed E-state index contributed by atoms with van der Waals surface area (Å²) in [5.74, 6) is -0.858. The lowest BCUT2D eigenvalue weighted by molar-refractivity contribution is -0.161. The monoisotopic (exact) mass is 1210 g/mol. The van der Waals surface area contributed by atoms with Gasteiger partial charge in [-0.15, -0.1) is 0 Å². The number of rotatable bonds is 68. The molecule has 0 radical (unpaired) electrons. The van der Waals surface area contributed by atoms with Gasteiger partial charge in [0.1, 0.15) is 6.61 Å². The fourth-order valence-electron chi connectivity index (χ4n) is 10.5. The highest BCUT2D eigenvalue weighted by Crippen LogP contribution is 2.43. The zero-order valence-electron chi connectivity index (χ0n) is 55.6. The highest BCUT2D eigenvalue weighted by atomic mass is 31.2. The first-order chi connectivity index (χ1) is 41.8. The van der Waals surface area contributed by atoms with E-state index in [0.717, 1.165) is 83.5 Å². The van der Waals surface area contributed by atoms with E-state index in [4.69, 9.17) is 24.3 Å². The molecule has 0 aliphatic rings. The van der Waals surface area contributed by atoms with Gasteiger partial charge in [-0.3, -0.25) is 18.6 Å². The van der Waals surface area contributed by atoms with Crippen molar-refractivity contribution in [2.75, 3.05) is 26.4 Å². The van der Waals surface area contributed by atoms with Crippen molar-refractivity contribution in [3.05, 3.63) is 85.1 Å². The van der Waals surface area contributed by atoms with Crippen LogP contribution >= 0.6 is 7.82 Å². The van der Waals surface area contributed by atoms with E-state index in [1.54, 1.807) is 0 Å². The molecule has 2 atom stereocenters. The number of allylic oxidation sites excluding steroid dienone is 14. The molecule has 0 aliphatic carbocycles. The number of hydrogen-bond acceptors (Lipinski definition) is 8. The SMILES string of the molecule is CC/C=C\C/C=C\C/C=C\C/C=C\C/C=C\C/C=C\C/C=C\CCCCCC(=O)OC(COC(=O)CCCCCCCCCCCCCCCCCCCCCCCCCCCCCCCCCCCCCCCCC)COP(=O)(O)OCCN. The Morgan fingerprint density at radius 3 is 0.965 bits per heavy atom. The van der Waals surface area contributed by atoms with Gasteiger partial charge >= 0.3 is 19.8 Å². The van der Waals surface area contributed by atoms with Gasteiger partial charge in [-0.05, 0) is 70.6 Å². The Labute approximate surface area is 525 Å². The van der Waals surface area contributed by atoms with E-state index in [1.807, 2.05) is 0 Å². The summed E-state index contributed by atoms with van der Waals surface area (Å²) in [5.41, 5.74) is 5.40. The van der Waals surface area contributed by atoms with Gasteiger partial charge in [0.05, 0.1) is 13.2 Å². The van der Waals surface area contributed by atoms with Crippen LogP contribution in [0.5, 0.6) is 0 Å². The average molecular weight is 1210 g/mol. The molecule has 85 heavy (non-hydrogen) atoms. The number of carbonyl (C=O) groups is 2. The molecule has 0 fully saturated rings. The lowest BCUT2D eigenvalue weighted by Crippen LogP contribution is -2.29. The Morgan fingerprint density at radius 2 is 0.647 bits per heavy atom. The van der Waals surface area contributed by atoms with Crippen molar-refractivity contribution in [3.63, 3.8) is 0 Å². The first-order valence-corrected chi connectivity index (χ1v) is 37.6. The van der Waals surface area contributed by atoms with Crippen LogP contribution in [0.15, 0.2) is 85.1 Å². The Balaban J connectivity index is 3.83. The number of unbranched alkanes of at least 4 members (excludes halogenated alkanes) is 41. The quantitative estimate of drug-likeness (QED) is 0.0264. The fourth-order valence-corrected chi connectivity index (χ4v) is 11.3. The summed E-state index contributed by atoms with van der Waals surface area (Å²) in [6, 6.07) is 0. The van der Waals surface area contributed by atoms with E-state index in [9.17, 15) is 19.0 Å². The van der Waals surface area contributed by atoms with Gasteiger partial charge in [0, 0.05) is 19.4 Å². The smallest absolute Gasteiger partial charge is 0.462 e. The van der Waals surface area contributed by atoms with Crippen LogP contribution in [0.1, 0.15) is 348 Å². The third-order valence-electron chi connectivity index (χ3n) is 15.8. The number of hydrogen-bond donors (Lipinski definition) is 2. The van der Waals surface area contributed by atoms with E-state index in [2.05, 4.69) is 98.9 Å². The van der Waals surface area contributed by atoms with E-state index in [0.29, 0.717) is 6.42 Å². The summed E-state index contributed by atoms with van der Waals surface area (Å²) >= 11 is 0. The first kappa shape index (κ1) is 82.2. The normalized spacial score (nSPS) is 13.4. The zero-order chi connectivity index (χ0) is 61.6. The van der Waals surface area contributed by atoms with Crippen LogP contribution in [-0.4, -0.2) is 49.3 Å². The molecule has 494 valence electrons. The van der Waals surface area contributed by atoms with E-state index in [1.165, 1.54) is 231 Å². The van der Waals surface area contributed by atoms with Crippen LogP contribution in [0, 0.1) is 0 Å². The number of ether oxygens (including phenoxy) is 2. The molecular formula is C75H136NO8P. The van der Waals surface area contributed by atoms with Crippen LogP contribution in [0.4, 0.5) is 0 Å². The highest BCUT2D eigenvalue weighted by Gasteiger charge is 2.26. The minimum absolute atomic E-state index is 0.0447. The van der Waals surface area contributed by atoms with Gasteiger partial charge in [-0.1, -0.05) is 349 Å². The summed E-state index contributed by atoms with van der Waals surface area (Å²) in [7, 11) is -4.41. The molecule has 0 bridgehead atoms. The minimum Gasteiger partial charge on any atom is -0.462 e. The second kappa shape index (κ2) is 70.3. The van der Waals surface area contributed by atoms with Crippen molar-refractivity contribution >= 4 is 19.8 Å². The van der Waals surface area contributed by atoms with Crippen LogP contribution < -0.4 is 5.73 Å². The average Bonchev–Trinajstić information content (AvgIpc) is 3.52. The van der Waals surface area contributed by atoms with Crippen molar-refractivity contribution in [2.24, 2.45) is 5.73 Å². The maximum absolute atomic E-state index is 12.7. The topological polar surface area (TPSA) is 134 Å². The summed E-state index contributed by atoms with van der Waals surface area (Å²) in [4.78, 5) is 35.3. The van der Waals surface area contributed by atoms with Gasteiger partial charge < -0.3 is 20.1 Å². The third kappa shape index (κ3) is 70.2. The molecule has 0 heterocycles. The highest BCUT2D eigenvalue weighted by molar-refractivity contribution is 7.47.